The zero-order valence-electron chi connectivity index (χ0n) is 11.8. The van der Waals surface area contributed by atoms with Gasteiger partial charge in [-0.05, 0) is 44.5 Å². The minimum atomic E-state index is -0.0372. The Morgan fingerprint density at radius 1 is 1.40 bits per heavy atom. The summed E-state index contributed by atoms with van der Waals surface area (Å²) in [6, 6.07) is 6.00. The molecule has 0 saturated carbocycles. The minimum Gasteiger partial charge on any atom is -0.454 e. The summed E-state index contributed by atoms with van der Waals surface area (Å²) in [5, 5.41) is 6.38. The predicted octanol–water partition coefficient (Wildman–Crippen LogP) is 1.59. The highest BCUT2D eigenvalue weighted by atomic mass is 16.7. The summed E-state index contributed by atoms with van der Waals surface area (Å²) in [7, 11) is 0. The molecule has 0 aromatic heterocycles. The molecule has 2 N–H and O–H groups in total. The molecule has 0 aliphatic carbocycles. The maximum atomic E-state index is 12.3. The van der Waals surface area contributed by atoms with E-state index in [4.69, 9.17) is 9.47 Å². The van der Waals surface area contributed by atoms with Gasteiger partial charge in [-0.15, -0.1) is 0 Å². The van der Waals surface area contributed by atoms with Crippen molar-refractivity contribution in [2.24, 2.45) is 5.92 Å². The van der Waals surface area contributed by atoms with Crippen LogP contribution in [0.3, 0.4) is 0 Å². The van der Waals surface area contributed by atoms with E-state index >= 15 is 0 Å². The van der Waals surface area contributed by atoms with Crippen molar-refractivity contribution in [2.75, 3.05) is 13.3 Å². The number of hydrogen-bond donors (Lipinski definition) is 2. The van der Waals surface area contributed by atoms with Crippen LogP contribution in [0.1, 0.15) is 31.9 Å². The third-order valence-electron chi connectivity index (χ3n) is 4.12. The van der Waals surface area contributed by atoms with Crippen molar-refractivity contribution < 1.29 is 14.3 Å². The number of benzene rings is 1. The van der Waals surface area contributed by atoms with Crippen LogP contribution in [0.4, 0.5) is 0 Å². The molecule has 20 heavy (non-hydrogen) atoms. The lowest BCUT2D eigenvalue weighted by molar-refractivity contribution is -0.125. The van der Waals surface area contributed by atoms with Gasteiger partial charge in [0.05, 0.1) is 12.0 Å². The smallest absolute Gasteiger partial charge is 0.231 e. The average Bonchev–Trinajstić information content (AvgIpc) is 3.05. The lowest BCUT2D eigenvalue weighted by Crippen LogP contribution is -2.37. The fourth-order valence-corrected chi connectivity index (χ4v) is 2.80. The van der Waals surface area contributed by atoms with Gasteiger partial charge in [-0.3, -0.25) is 4.79 Å². The van der Waals surface area contributed by atoms with Gasteiger partial charge >= 0.3 is 0 Å². The number of carbonyl (C=O) groups excluding carboxylic acids is 1. The van der Waals surface area contributed by atoms with Crippen LogP contribution in [-0.2, 0) is 4.79 Å². The van der Waals surface area contributed by atoms with Crippen LogP contribution in [0.25, 0.3) is 0 Å². The number of nitrogens with one attached hydrogen (secondary N) is 2. The first kappa shape index (κ1) is 13.2. The van der Waals surface area contributed by atoms with Gasteiger partial charge in [0.15, 0.2) is 11.5 Å². The van der Waals surface area contributed by atoms with Crippen molar-refractivity contribution in [2.45, 2.75) is 32.4 Å². The monoisotopic (exact) mass is 276 g/mol. The van der Waals surface area contributed by atoms with Gasteiger partial charge in [0.2, 0.25) is 12.7 Å². The summed E-state index contributed by atoms with van der Waals surface area (Å²) in [5.41, 5.74) is 1.03. The third-order valence-corrected chi connectivity index (χ3v) is 4.12. The molecule has 3 atom stereocenters. The molecule has 0 radical (unpaired) electrons. The van der Waals surface area contributed by atoms with Crippen molar-refractivity contribution >= 4 is 5.91 Å². The highest BCUT2D eigenvalue weighted by Gasteiger charge is 2.30. The van der Waals surface area contributed by atoms with Gasteiger partial charge in [0, 0.05) is 6.04 Å². The van der Waals surface area contributed by atoms with E-state index in [1.165, 1.54) is 0 Å². The van der Waals surface area contributed by atoms with Crippen LogP contribution >= 0.6 is 0 Å². The van der Waals surface area contributed by atoms with Crippen molar-refractivity contribution in [3.8, 4) is 11.5 Å². The summed E-state index contributed by atoms with van der Waals surface area (Å²) < 4.78 is 10.7. The molecule has 3 rings (SSSR count). The summed E-state index contributed by atoms with van der Waals surface area (Å²) in [4.78, 5) is 12.3. The first-order valence-electron chi connectivity index (χ1n) is 7.08. The Labute approximate surface area is 118 Å². The van der Waals surface area contributed by atoms with Gasteiger partial charge < -0.3 is 20.1 Å². The second-order valence-electron chi connectivity index (χ2n) is 5.48. The number of ether oxygens (including phenoxy) is 2. The molecule has 1 saturated heterocycles. The van der Waals surface area contributed by atoms with Crippen LogP contribution in [-0.4, -0.2) is 25.3 Å². The van der Waals surface area contributed by atoms with Crippen molar-refractivity contribution in [1.29, 1.82) is 0 Å². The van der Waals surface area contributed by atoms with Crippen molar-refractivity contribution in [1.82, 2.24) is 10.6 Å². The Morgan fingerprint density at radius 2 is 2.20 bits per heavy atom. The molecule has 3 unspecified atom stereocenters. The van der Waals surface area contributed by atoms with Crippen molar-refractivity contribution in [3.05, 3.63) is 23.8 Å². The summed E-state index contributed by atoms with van der Waals surface area (Å²) in [6.45, 7) is 5.23. The number of carbonyl (C=O) groups is 1. The molecular formula is C15H20N2O3. The van der Waals surface area contributed by atoms with E-state index in [0.717, 1.165) is 30.0 Å². The van der Waals surface area contributed by atoms with Gasteiger partial charge in [-0.2, -0.15) is 0 Å². The van der Waals surface area contributed by atoms with Gasteiger partial charge in [0.1, 0.15) is 0 Å². The molecule has 0 bridgehead atoms. The molecule has 5 nitrogen and oxygen atoms in total. The summed E-state index contributed by atoms with van der Waals surface area (Å²) in [5.74, 6) is 1.69. The molecule has 2 aliphatic heterocycles. The first-order valence-corrected chi connectivity index (χ1v) is 7.08. The second kappa shape index (κ2) is 5.32. The molecule has 1 fully saturated rings. The predicted molar refractivity (Wildman–Crippen MR) is 74.7 cm³/mol. The lowest BCUT2D eigenvalue weighted by atomic mass is 10.00. The summed E-state index contributed by atoms with van der Waals surface area (Å²) in [6.07, 6.45) is 0.904. The van der Waals surface area contributed by atoms with E-state index in [9.17, 15) is 4.79 Å². The molecular weight excluding hydrogens is 256 g/mol. The SMILES string of the molecule is CC(NC(=O)C1CCNC1C)c1ccc2c(c1)OCO2. The van der Waals surface area contributed by atoms with Crippen LogP contribution < -0.4 is 20.1 Å². The van der Waals surface area contributed by atoms with E-state index in [1.54, 1.807) is 0 Å². The lowest BCUT2D eigenvalue weighted by Gasteiger charge is -2.20. The standard InChI is InChI=1S/C15H20N2O3/c1-9(17-15(18)12-5-6-16-10(12)2)11-3-4-13-14(7-11)20-8-19-13/h3-4,7,9-10,12,16H,5-6,8H2,1-2H3,(H,17,18). The van der Waals surface area contributed by atoms with Gasteiger partial charge in [0.25, 0.3) is 0 Å². The highest BCUT2D eigenvalue weighted by Crippen LogP contribution is 2.34. The number of rotatable bonds is 3. The maximum Gasteiger partial charge on any atom is 0.231 e. The molecule has 2 heterocycles. The van der Waals surface area contributed by atoms with Crippen LogP contribution in [0.2, 0.25) is 0 Å². The number of fused-ring (bicyclic) bond motifs is 1. The fourth-order valence-electron chi connectivity index (χ4n) is 2.80. The van der Waals surface area contributed by atoms with Crippen LogP contribution in [0.15, 0.2) is 18.2 Å². The molecule has 2 aliphatic rings. The van der Waals surface area contributed by atoms with E-state index in [1.807, 2.05) is 25.1 Å². The zero-order chi connectivity index (χ0) is 14.1. The van der Waals surface area contributed by atoms with Gasteiger partial charge in [-0.25, -0.2) is 0 Å². The van der Waals surface area contributed by atoms with E-state index < -0.39 is 0 Å². The first-order chi connectivity index (χ1) is 9.65. The Balaban J connectivity index is 1.67. The molecule has 1 aromatic carbocycles. The van der Waals surface area contributed by atoms with E-state index in [0.29, 0.717) is 0 Å². The van der Waals surface area contributed by atoms with Gasteiger partial charge in [-0.1, -0.05) is 6.07 Å². The molecule has 108 valence electrons. The molecule has 1 amide bonds. The zero-order valence-corrected chi connectivity index (χ0v) is 11.8. The third kappa shape index (κ3) is 2.45. The van der Waals surface area contributed by atoms with Crippen LogP contribution in [0, 0.1) is 5.92 Å². The molecule has 5 heteroatoms. The van der Waals surface area contributed by atoms with E-state index in [2.05, 4.69) is 17.6 Å². The highest BCUT2D eigenvalue weighted by molar-refractivity contribution is 5.80. The largest absolute Gasteiger partial charge is 0.454 e. The number of hydrogen-bond acceptors (Lipinski definition) is 4. The molecule has 1 aromatic rings. The average molecular weight is 276 g/mol. The van der Waals surface area contributed by atoms with Crippen LogP contribution in [0.5, 0.6) is 11.5 Å². The second-order valence-corrected chi connectivity index (χ2v) is 5.48. The Hall–Kier alpha value is -1.75. The fraction of sp³-hybridized carbons (Fsp3) is 0.533. The topological polar surface area (TPSA) is 59.6 Å². The maximum absolute atomic E-state index is 12.3. The number of amides is 1. The minimum absolute atomic E-state index is 0.0372. The Bertz CT molecular complexity index is 518. The Morgan fingerprint density at radius 3 is 2.95 bits per heavy atom. The summed E-state index contributed by atoms with van der Waals surface area (Å²) >= 11 is 0. The molecule has 0 spiro atoms. The van der Waals surface area contributed by atoms with E-state index in [-0.39, 0.29) is 30.7 Å². The normalized spacial score (nSPS) is 25.5. The quantitative estimate of drug-likeness (QED) is 0.880. The Kier molecular flexibility index (Phi) is 3.53. The van der Waals surface area contributed by atoms with Crippen molar-refractivity contribution in [3.63, 3.8) is 0 Å².